The topological polar surface area (TPSA) is 35.2 Å². The molecule has 4 heteroatoms. The number of halogens is 2. The lowest BCUT2D eigenvalue weighted by atomic mass is 9.86. The lowest BCUT2D eigenvalue weighted by Crippen LogP contribution is -2.24. The second-order valence-electron chi connectivity index (χ2n) is 4.87. The Labute approximate surface area is 114 Å². The third-order valence-electron chi connectivity index (χ3n) is 3.45. The van der Waals surface area contributed by atoms with Crippen LogP contribution >= 0.6 is 0 Å². The van der Waals surface area contributed by atoms with Crippen molar-refractivity contribution in [2.75, 3.05) is 7.11 Å². The zero-order chi connectivity index (χ0) is 14.4. The minimum absolute atomic E-state index is 0.0206. The fourth-order valence-corrected chi connectivity index (χ4v) is 2.48. The van der Waals surface area contributed by atoms with Crippen molar-refractivity contribution in [3.63, 3.8) is 0 Å². The first kappa shape index (κ1) is 15.9. The first-order valence-corrected chi connectivity index (χ1v) is 6.83. The molecule has 1 rings (SSSR count). The molecule has 0 aromatic heterocycles. The molecule has 0 saturated heterocycles. The molecule has 1 atom stereocenters. The van der Waals surface area contributed by atoms with Gasteiger partial charge in [0.15, 0.2) is 0 Å². The fraction of sp³-hybridized carbons (Fsp3) is 0.600. The number of hydrogen-bond donors (Lipinski definition) is 1. The molecule has 1 aromatic carbocycles. The summed E-state index contributed by atoms with van der Waals surface area (Å²) < 4.78 is 32.8. The van der Waals surface area contributed by atoms with Gasteiger partial charge in [-0.3, -0.25) is 0 Å². The maximum atomic E-state index is 14.0. The van der Waals surface area contributed by atoms with Crippen molar-refractivity contribution in [1.29, 1.82) is 0 Å². The van der Waals surface area contributed by atoms with Crippen LogP contribution in [-0.4, -0.2) is 7.11 Å². The van der Waals surface area contributed by atoms with Gasteiger partial charge in [0.1, 0.15) is 17.4 Å². The molecule has 0 spiro atoms. The Bertz CT molecular complexity index is 380. The van der Waals surface area contributed by atoms with E-state index in [-0.39, 0.29) is 17.2 Å². The fourth-order valence-electron chi connectivity index (χ4n) is 2.48. The number of methoxy groups -OCH3 is 1. The van der Waals surface area contributed by atoms with E-state index in [4.69, 9.17) is 10.5 Å². The van der Waals surface area contributed by atoms with E-state index >= 15 is 0 Å². The zero-order valence-corrected chi connectivity index (χ0v) is 11.9. The Kier molecular flexibility index (Phi) is 6.22. The highest BCUT2D eigenvalue weighted by Gasteiger charge is 2.25. The van der Waals surface area contributed by atoms with Gasteiger partial charge in [-0.25, -0.2) is 8.78 Å². The van der Waals surface area contributed by atoms with Crippen molar-refractivity contribution in [2.45, 2.75) is 45.6 Å². The summed E-state index contributed by atoms with van der Waals surface area (Å²) in [5.74, 6) is -0.969. The van der Waals surface area contributed by atoms with Crippen LogP contribution in [0.25, 0.3) is 0 Å². The second kappa shape index (κ2) is 7.43. The number of benzene rings is 1. The van der Waals surface area contributed by atoms with Gasteiger partial charge in [-0.2, -0.15) is 0 Å². The molecule has 1 unspecified atom stereocenters. The second-order valence-corrected chi connectivity index (χ2v) is 4.87. The molecule has 0 bridgehead atoms. The Morgan fingerprint density at radius 3 is 1.95 bits per heavy atom. The van der Waals surface area contributed by atoms with Gasteiger partial charge in [0.05, 0.1) is 7.11 Å². The highest BCUT2D eigenvalue weighted by molar-refractivity contribution is 5.32. The van der Waals surface area contributed by atoms with E-state index in [0.717, 1.165) is 25.7 Å². The van der Waals surface area contributed by atoms with Crippen molar-refractivity contribution in [2.24, 2.45) is 11.7 Å². The number of nitrogens with two attached hydrogens (primary N) is 1. The summed E-state index contributed by atoms with van der Waals surface area (Å²) in [7, 11) is 1.38. The molecular formula is C15H23F2NO. The van der Waals surface area contributed by atoms with E-state index in [2.05, 4.69) is 13.8 Å². The van der Waals surface area contributed by atoms with E-state index in [0.29, 0.717) is 0 Å². The first-order valence-electron chi connectivity index (χ1n) is 6.83. The molecule has 2 nitrogen and oxygen atoms in total. The Morgan fingerprint density at radius 1 is 1.11 bits per heavy atom. The minimum Gasteiger partial charge on any atom is -0.497 e. The summed E-state index contributed by atoms with van der Waals surface area (Å²) in [5, 5.41) is 0. The van der Waals surface area contributed by atoms with E-state index in [1.165, 1.54) is 19.2 Å². The maximum Gasteiger partial charge on any atom is 0.134 e. The largest absolute Gasteiger partial charge is 0.497 e. The Balaban J connectivity index is 3.06. The van der Waals surface area contributed by atoms with Crippen LogP contribution in [0, 0.1) is 17.6 Å². The molecule has 108 valence electrons. The summed E-state index contributed by atoms with van der Waals surface area (Å²) in [4.78, 5) is 0. The van der Waals surface area contributed by atoms with Crippen LogP contribution in [0.1, 0.15) is 51.1 Å². The average molecular weight is 271 g/mol. The Morgan fingerprint density at radius 2 is 1.58 bits per heavy atom. The van der Waals surface area contributed by atoms with E-state index in [1.54, 1.807) is 0 Å². The lowest BCUT2D eigenvalue weighted by Gasteiger charge is -2.24. The molecule has 0 aliphatic carbocycles. The molecule has 0 radical (unpaired) electrons. The minimum atomic E-state index is -0.624. The standard InChI is InChI=1S/C15H23F2NO/c1-4-6-10(7-5-2)15(18)14-12(16)8-11(19-3)9-13(14)17/h8-10,15H,4-7,18H2,1-3H3. The van der Waals surface area contributed by atoms with Crippen LogP contribution in [-0.2, 0) is 0 Å². The molecule has 19 heavy (non-hydrogen) atoms. The van der Waals surface area contributed by atoms with Crippen LogP contribution in [0.4, 0.5) is 8.78 Å². The van der Waals surface area contributed by atoms with E-state index in [9.17, 15) is 8.78 Å². The average Bonchev–Trinajstić information content (AvgIpc) is 2.37. The van der Waals surface area contributed by atoms with Gasteiger partial charge >= 0.3 is 0 Å². The molecule has 0 amide bonds. The highest BCUT2D eigenvalue weighted by atomic mass is 19.1. The molecular weight excluding hydrogens is 248 g/mol. The van der Waals surface area contributed by atoms with Crippen molar-refractivity contribution in [1.82, 2.24) is 0 Å². The quantitative estimate of drug-likeness (QED) is 0.807. The van der Waals surface area contributed by atoms with Gasteiger partial charge in [-0.15, -0.1) is 0 Å². The van der Waals surface area contributed by atoms with Crippen LogP contribution in [0.3, 0.4) is 0 Å². The number of ether oxygens (including phenoxy) is 1. The predicted octanol–water partition coefficient (Wildman–Crippen LogP) is 4.19. The summed E-state index contributed by atoms with van der Waals surface area (Å²) in [5.41, 5.74) is 6.06. The van der Waals surface area contributed by atoms with Gasteiger partial charge in [0.2, 0.25) is 0 Å². The highest BCUT2D eigenvalue weighted by Crippen LogP contribution is 2.32. The smallest absolute Gasteiger partial charge is 0.134 e. The third-order valence-corrected chi connectivity index (χ3v) is 3.45. The number of hydrogen-bond acceptors (Lipinski definition) is 2. The van der Waals surface area contributed by atoms with Gasteiger partial charge in [0.25, 0.3) is 0 Å². The van der Waals surface area contributed by atoms with Crippen molar-refractivity contribution >= 4 is 0 Å². The monoisotopic (exact) mass is 271 g/mol. The molecule has 0 saturated carbocycles. The molecule has 0 aliphatic rings. The van der Waals surface area contributed by atoms with Crippen LogP contribution < -0.4 is 10.5 Å². The van der Waals surface area contributed by atoms with E-state index < -0.39 is 17.7 Å². The summed E-state index contributed by atoms with van der Waals surface area (Å²) in [6.07, 6.45) is 3.66. The summed E-state index contributed by atoms with van der Waals surface area (Å²) in [6.45, 7) is 4.10. The molecule has 0 fully saturated rings. The van der Waals surface area contributed by atoms with Crippen LogP contribution in [0.5, 0.6) is 5.75 Å². The van der Waals surface area contributed by atoms with Crippen molar-refractivity contribution < 1.29 is 13.5 Å². The SMILES string of the molecule is CCCC(CCC)C(N)c1c(F)cc(OC)cc1F. The molecule has 1 aromatic rings. The van der Waals surface area contributed by atoms with Crippen LogP contribution in [0.2, 0.25) is 0 Å². The predicted molar refractivity (Wildman–Crippen MR) is 73.1 cm³/mol. The van der Waals surface area contributed by atoms with Gasteiger partial charge in [0, 0.05) is 23.7 Å². The Hall–Kier alpha value is -1.16. The maximum absolute atomic E-state index is 14.0. The van der Waals surface area contributed by atoms with Crippen molar-refractivity contribution in [3.8, 4) is 5.75 Å². The molecule has 0 heterocycles. The molecule has 0 aliphatic heterocycles. The zero-order valence-electron chi connectivity index (χ0n) is 11.9. The van der Waals surface area contributed by atoms with Crippen molar-refractivity contribution in [3.05, 3.63) is 29.3 Å². The van der Waals surface area contributed by atoms with Crippen LogP contribution in [0.15, 0.2) is 12.1 Å². The number of rotatable bonds is 7. The lowest BCUT2D eigenvalue weighted by molar-refractivity contribution is 0.347. The normalized spacial score (nSPS) is 12.8. The van der Waals surface area contributed by atoms with Gasteiger partial charge in [-0.05, 0) is 18.8 Å². The first-order chi connectivity index (χ1) is 9.04. The summed E-state index contributed by atoms with van der Waals surface area (Å²) >= 11 is 0. The van der Waals surface area contributed by atoms with Gasteiger partial charge < -0.3 is 10.5 Å². The summed E-state index contributed by atoms with van der Waals surface area (Å²) in [6, 6.07) is 1.77. The molecule has 2 N–H and O–H groups in total. The van der Waals surface area contributed by atoms with E-state index in [1.807, 2.05) is 0 Å². The van der Waals surface area contributed by atoms with Gasteiger partial charge in [-0.1, -0.05) is 26.7 Å². The third kappa shape index (κ3) is 3.90.